The number of imidazole rings is 1. The maximum absolute atomic E-state index is 12.4. The molecule has 0 aliphatic carbocycles. The Bertz CT molecular complexity index is 1020. The summed E-state index contributed by atoms with van der Waals surface area (Å²) in [5.74, 6) is 0. The van der Waals surface area contributed by atoms with Gasteiger partial charge in [0.25, 0.3) is 0 Å². The quantitative estimate of drug-likeness (QED) is 0.679. The van der Waals surface area contributed by atoms with E-state index >= 15 is 0 Å². The van der Waals surface area contributed by atoms with Crippen molar-refractivity contribution in [3.8, 4) is 0 Å². The van der Waals surface area contributed by atoms with Crippen LogP contribution in [0.15, 0.2) is 47.6 Å². The molecule has 0 saturated carbocycles. The molecule has 0 bridgehead atoms. The summed E-state index contributed by atoms with van der Waals surface area (Å²) in [5, 5.41) is 6.75. The highest BCUT2D eigenvalue weighted by Crippen LogP contribution is 2.14. The molecule has 2 aromatic heterocycles. The highest BCUT2D eigenvalue weighted by molar-refractivity contribution is 7.89. The maximum atomic E-state index is 12.4. The zero-order chi connectivity index (χ0) is 18.7. The second-order valence-electron chi connectivity index (χ2n) is 5.62. The van der Waals surface area contributed by atoms with Gasteiger partial charge in [0.2, 0.25) is 10.0 Å². The van der Waals surface area contributed by atoms with Crippen molar-refractivity contribution in [3.63, 3.8) is 0 Å². The lowest BCUT2D eigenvalue weighted by atomic mass is 10.3. The minimum atomic E-state index is -3.64. The molecule has 138 valence electrons. The Labute approximate surface area is 150 Å². The van der Waals surface area contributed by atoms with Crippen LogP contribution in [0, 0.1) is 6.92 Å². The van der Waals surface area contributed by atoms with Crippen molar-refractivity contribution in [1.82, 2.24) is 18.9 Å². The number of nitrogens with one attached hydrogen (secondary N) is 2. The molecular formula is C16H19N5O4S. The molecule has 0 spiro atoms. The molecule has 1 aromatic carbocycles. The number of anilines is 1. The molecule has 10 heteroatoms. The zero-order valence-corrected chi connectivity index (χ0v) is 15.2. The van der Waals surface area contributed by atoms with Crippen LogP contribution in [0.3, 0.4) is 0 Å². The summed E-state index contributed by atoms with van der Waals surface area (Å²) in [6.45, 7) is 2.61. The molecule has 0 fully saturated rings. The number of carbonyl (C=O) groups excluding carboxylic acids is 1. The zero-order valence-electron chi connectivity index (χ0n) is 14.3. The molecule has 1 amide bonds. The van der Waals surface area contributed by atoms with Crippen LogP contribution in [0.1, 0.15) is 5.69 Å². The summed E-state index contributed by atoms with van der Waals surface area (Å²) in [7, 11) is -2.39. The Kier molecular flexibility index (Phi) is 4.96. The smallest absolute Gasteiger partial charge is 0.411 e. The number of methoxy groups -OCH3 is 1. The van der Waals surface area contributed by atoms with Crippen molar-refractivity contribution in [3.05, 3.63) is 48.4 Å². The van der Waals surface area contributed by atoms with Crippen molar-refractivity contribution in [2.45, 2.75) is 18.4 Å². The number of benzene rings is 1. The monoisotopic (exact) mass is 377 g/mol. The largest absolute Gasteiger partial charge is 0.453 e. The van der Waals surface area contributed by atoms with Crippen LogP contribution in [0.4, 0.5) is 10.5 Å². The van der Waals surface area contributed by atoms with E-state index in [0.29, 0.717) is 12.2 Å². The average molecular weight is 377 g/mol. The number of rotatable bonds is 6. The van der Waals surface area contributed by atoms with Gasteiger partial charge in [0, 0.05) is 37.2 Å². The Hall–Kier alpha value is -2.85. The lowest BCUT2D eigenvalue weighted by Crippen LogP contribution is -2.27. The van der Waals surface area contributed by atoms with Gasteiger partial charge < -0.3 is 9.30 Å². The highest BCUT2D eigenvalue weighted by Gasteiger charge is 2.14. The van der Waals surface area contributed by atoms with Crippen LogP contribution in [-0.4, -0.2) is 42.3 Å². The number of aromatic nitrogens is 3. The standard InChI is InChI=1S/C16H19N5O4S/c1-12-11-15-20(9-10-21(15)19-12)8-7-17-26(23,24)14-5-3-13(4-6-14)18-16(22)25-2/h3-6,9-11,17H,7-8H2,1-2H3,(H,18,22). The summed E-state index contributed by atoms with van der Waals surface area (Å²) >= 11 is 0. The van der Waals surface area contributed by atoms with Crippen molar-refractivity contribution >= 4 is 27.5 Å². The Morgan fingerprint density at radius 3 is 2.65 bits per heavy atom. The van der Waals surface area contributed by atoms with Gasteiger partial charge in [-0.05, 0) is 31.2 Å². The van der Waals surface area contributed by atoms with E-state index < -0.39 is 16.1 Å². The van der Waals surface area contributed by atoms with Crippen LogP contribution in [0.5, 0.6) is 0 Å². The molecule has 0 atom stereocenters. The molecule has 0 unspecified atom stereocenters. The fourth-order valence-corrected chi connectivity index (χ4v) is 3.53. The first-order chi connectivity index (χ1) is 12.4. The first kappa shape index (κ1) is 18.0. The fraction of sp³-hybridized carbons (Fsp3) is 0.250. The molecular weight excluding hydrogens is 358 g/mol. The maximum Gasteiger partial charge on any atom is 0.411 e. The predicted octanol–water partition coefficient (Wildman–Crippen LogP) is 1.60. The Balaban J connectivity index is 1.62. The van der Waals surface area contributed by atoms with E-state index in [-0.39, 0.29) is 11.4 Å². The number of aryl methyl sites for hydroxylation is 1. The van der Waals surface area contributed by atoms with E-state index in [0.717, 1.165) is 11.3 Å². The van der Waals surface area contributed by atoms with E-state index in [1.807, 2.05) is 30.0 Å². The average Bonchev–Trinajstić information content (AvgIpc) is 3.15. The van der Waals surface area contributed by atoms with Crippen LogP contribution >= 0.6 is 0 Å². The summed E-state index contributed by atoms with van der Waals surface area (Å²) in [5.41, 5.74) is 2.25. The molecule has 2 N–H and O–H groups in total. The van der Waals surface area contributed by atoms with Gasteiger partial charge in [-0.2, -0.15) is 5.10 Å². The van der Waals surface area contributed by atoms with Crippen molar-refractivity contribution in [1.29, 1.82) is 0 Å². The minimum Gasteiger partial charge on any atom is -0.453 e. The third-order valence-corrected chi connectivity index (χ3v) is 5.24. The van der Waals surface area contributed by atoms with Crippen LogP contribution < -0.4 is 10.0 Å². The number of ether oxygens (including phenoxy) is 1. The number of hydrogen-bond acceptors (Lipinski definition) is 5. The van der Waals surface area contributed by atoms with Crippen molar-refractivity contribution in [2.24, 2.45) is 0 Å². The van der Waals surface area contributed by atoms with Gasteiger partial charge >= 0.3 is 6.09 Å². The Morgan fingerprint density at radius 1 is 1.23 bits per heavy atom. The van der Waals surface area contributed by atoms with Gasteiger partial charge in [-0.3, -0.25) is 5.32 Å². The first-order valence-corrected chi connectivity index (χ1v) is 9.33. The molecule has 3 rings (SSSR count). The first-order valence-electron chi connectivity index (χ1n) is 7.85. The molecule has 0 aliphatic heterocycles. The van der Waals surface area contributed by atoms with Gasteiger partial charge in [0.1, 0.15) is 5.65 Å². The van der Waals surface area contributed by atoms with Crippen LogP contribution in [-0.2, 0) is 21.3 Å². The third-order valence-electron chi connectivity index (χ3n) is 3.76. The molecule has 26 heavy (non-hydrogen) atoms. The molecule has 0 radical (unpaired) electrons. The molecule has 0 saturated heterocycles. The fourth-order valence-electron chi connectivity index (χ4n) is 2.51. The van der Waals surface area contributed by atoms with Crippen LogP contribution in [0.2, 0.25) is 0 Å². The SMILES string of the molecule is COC(=O)Nc1ccc(S(=O)(=O)NCCn2ccn3nc(C)cc23)cc1. The second kappa shape index (κ2) is 7.18. The minimum absolute atomic E-state index is 0.116. The number of sulfonamides is 1. The summed E-state index contributed by atoms with van der Waals surface area (Å²) in [6, 6.07) is 7.76. The lowest BCUT2D eigenvalue weighted by Gasteiger charge is -2.09. The number of carbonyl (C=O) groups is 1. The molecule has 9 nitrogen and oxygen atoms in total. The van der Waals surface area contributed by atoms with Gasteiger partial charge in [-0.1, -0.05) is 0 Å². The van der Waals surface area contributed by atoms with Crippen molar-refractivity contribution < 1.29 is 17.9 Å². The lowest BCUT2D eigenvalue weighted by molar-refractivity contribution is 0.187. The number of fused-ring (bicyclic) bond motifs is 1. The Morgan fingerprint density at radius 2 is 1.96 bits per heavy atom. The van der Waals surface area contributed by atoms with E-state index in [2.05, 4.69) is 19.9 Å². The van der Waals surface area contributed by atoms with E-state index in [4.69, 9.17) is 0 Å². The number of amides is 1. The summed E-state index contributed by atoms with van der Waals surface area (Å²) < 4.78 is 35.5. The molecule has 2 heterocycles. The van der Waals surface area contributed by atoms with Gasteiger partial charge in [0.05, 0.1) is 17.7 Å². The van der Waals surface area contributed by atoms with Gasteiger partial charge in [-0.25, -0.2) is 22.4 Å². The molecule has 3 aromatic rings. The van der Waals surface area contributed by atoms with Crippen LogP contribution in [0.25, 0.3) is 5.65 Å². The number of nitrogens with zero attached hydrogens (tertiary/aromatic N) is 3. The predicted molar refractivity (Wildman–Crippen MR) is 95.6 cm³/mol. The highest BCUT2D eigenvalue weighted by atomic mass is 32.2. The van der Waals surface area contributed by atoms with E-state index in [1.54, 1.807) is 4.52 Å². The van der Waals surface area contributed by atoms with Gasteiger partial charge in [0.15, 0.2) is 0 Å². The normalized spacial score (nSPS) is 11.6. The summed E-state index contributed by atoms with van der Waals surface area (Å²) in [6.07, 6.45) is 3.06. The topological polar surface area (TPSA) is 107 Å². The van der Waals surface area contributed by atoms with E-state index in [9.17, 15) is 13.2 Å². The molecule has 0 aliphatic rings. The number of hydrogen-bond donors (Lipinski definition) is 2. The second-order valence-corrected chi connectivity index (χ2v) is 7.39. The third kappa shape index (κ3) is 3.86. The summed E-state index contributed by atoms with van der Waals surface area (Å²) in [4.78, 5) is 11.3. The van der Waals surface area contributed by atoms with Gasteiger partial charge in [-0.15, -0.1) is 0 Å². The van der Waals surface area contributed by atoms with Crippen molar-refractivity contribution in [2.75, 3.05) is 19.0 Å². The van der Waals surface area contributed by atoms with E-state index in [1.165, 1.54) is 31.4 Å².